The third-order valence-electron chi connectivity index (χ3n) is 6.24. The number of aromatic nitrogens is 2. The molecule has 2 aliphatic rings. The molecule has 10 heteroatoms. The molecule has 0 spiro atoms. The van der Waals surface area contributed by atoms with Crippen molar-refractivity contribution in [3.8, 4) is 5.75 Å². The molecule has 3 amide bonds. The number of nitrogens with zero attached hydrogens (tertiary/aromatic N) is 3. The number of nitrogens with one attached hydrogen (secondary N) is 2. The van der Waals surface area contributed by atoms with E-state index in [0.717, 1.165) is 24.5 Å². The summed E-state index contributed by atoms with van der Waals surface area (Å²) in [5.74, 6) is -2.64. The van der Waals surface area contributed by atoms with Gasteiger partial charge in [-0.2, -0.15) is 5.10 Å². The number of hydrogen-bond donors (Lipinski definition) is 3. The van der Waals surface area contributed by atoms with Crippen molar-refractivity contribution in [2.24, 2.45) is 0 Å². The third kappa shape index (κ3) is 4.34. The fourth-order valence-corrected chi connectivity index (χ4v) is 4.19. The minimum atomic E-state index is -0.718. The lowest BCUT2D eigenvalue weighted by Gasteiger charge is -2.31. The number of carbonyl (C=O) groups excluding carboxylic acids is 3. The van der Waals surface area contributed by atoms with Gasteiger partial charge in [-0.1, -0.05) is 36.4 Å². The number of carbonyl (C=O) groups is 3. The Kier molecular flexibility index (Phi) is 5.72. The van der Waals surface area contributed by atoms with Crippen LogP contribution < -0.4 is 10.6 Å². The van der Waals surface area contributed by atoms with Crippen molar-refractivity contribution < 1.29 is 23.9 Å². The molecule has 1 unspecified atom stereocenters. The van der Waals surface area contributed by atoms with Gasteiger partial charge in [-0.3, -0.25) is 14.4 Å². The van der Waals surface area contributed by atoms with Gasteiger partial charge in [-0.15, -0.1) is 0 Å². The predicted molar refractivity (Wildman–Crippen MR) is 123 cm³/mol. The van der Waals surface area contributed by atoms with Crippen LogP contribution >= 0.6 is 0 Å². The second-order valence-corrected chi connectivity index (χ2v) is 8.83. The Morgan fingerprint density at radius 3 is 2.60 bits per heavy atom. The Hall–Kier alpha value is -4.21. The van der Waals surface area contributed by atoms with E-state index in [1.54, 1.807) is 7.05 Å². The predicted octanol–water partition coefficient (Wildman–Crippen LogP) is 2.23. The topological polar surface area (TPSA) is 117 Å². The first-order valence-electron chi connectivity index (χ1n) is 11.3. The van der Waals surface area contributed by atoms with Crippen LogP contribution in [-0.2, 0) is 6.54 Å². The Morgan fingerprint density at radius 2 is 1.89 bits per heavy atom. The van der Waals surface area contributed by atoms with Crippen molar-refractivity contribution in [3.05, 3.63) is 82.4 Å². The smallest absolute Gasteiger partial charge is 0.275 e. The van der Waals surface area contributed by atoms with Crippen molar-refractivity contribution in [1.29, 1.82) is 0 Å². The molecule has 9 nitrogen and oxygen atoms in total. The van der Waals surface area contributed by atoms with Crippen LogP contribution in [0.1, 0.15) is 61.3 Å². The zero-order chi connectivity index (χ0) is 24.7. The molecule has 2 aromatic carbocycles. The largest absolute Gasteiger partial charge is 0.504 e. The second-order valence-electron chi connectivity index (χ2n) is 8.83. The summed E-state index contributed by atoms with van der Waals surface area (Å²) in [7, 11) is 1.62. The van der Waals surface area contributed by atoms with Crippen LogP contribution in [0, 0.1) is 5.82 Å². The van der Waals surface area contributed by atoms with Crippen LogP contribution in [0.4, 0.5) is 4.39 Å². The van der Waals surface area contributed by atoms with Crippen molar-refractivity contribution in [2.45, 2.75) is 31.5 Å². The van der Waals surface area contributed by atoms with Crippen molar-refractivity contribution >= 4 is 17.7 Å². The number of rotatable bonds is 6. The number of amides is 3. The first kappa shape index (κ1) is 22.6. The van der Waals surface area contributed by atoms with Crippen LogP contribution in [0.5, 0.6) is 5.75 Å². The molecule has 180 valence electrons. The highest BCUT2D eigenvalue weighted by molar-refractivity contribution is 6.02. The first-order valence-corrected chi connectivity index (χ1v) is 11.3. The molecule has 1 atom stereocenters. The van der Waals surface area contributed by atoms with Gasteiger partial charge in [-0.25, -0.2) is 9.07 Å². The minimum absolute atomic E-state index is 0.0657. The maximum Gasteiger partial charge on any atom is 0.275 e. The summed E-state index contributed by atoms with van der Waals surface area (Å²) in [5.41, 5.74) is 1.06. The molecule has 1 aliphatic heterocycles. The summed E-state index contributed by atoms with van der Waals surface area (Å²) in [4.78, 5) is 39.7. The standard InChI is InChI=1S/C25H24FN5O4/c1-30-13-19(14-5-3-2-4-6-14)31-21(25(30)35)22(32)20(29-31)24(34)27-12-15-7-8-16(26)11-18(15)23(33)28-17-9-10-17/h2-8,11,17,19,32H,9-10,12-13H2,1H3,(H,27,34)(H,28,33). The zero-order valence-corrected chi connectivity index (χ0v) is 19.0. The van der Waals surface area contributed by atoms with E-state index in [-0.39, 0.29) is 35.6 Å². The molecule has 1 aliphatic carbocycles. The van der Waals surface area contributed by atoms with E-state index in [1.807, 2.05) is 30.3 Å². The summed E-state index contributed by atoms with van der Waals surface area (Å²) in [6.45, 7) is 0.233. The third-order valence-corrected chi connectivity index (χ3v) is 6.24. The normalized spacial score (nSPS) is 17.1. The van der Waals surface area contributed by atoms with E-state index in [9.17, 15) is 23.9 Å². The molecule has 0 saturated heterocycles. The number of fused-ring (bicyclic) bond motifs is 1. The van der Waals surface area contributed by atoms with Gasteiger partial charge in [0.15, 0.2) is 17.1 Å². The molecule has 3 N–H and O–H groups in total. The van der Waals surface area contributed by atoms with Crippen molar-refractivity contribution in [3.63, 3.8) is 0 Å². The summed E-state index contributed by atoms with van der Waals surface area (Å²) in [5, 5.41) is 20.5. The van der Waals surface area contributed by atoms with Gasteiger partial charge in [0.05, 0.1) is 6.04 Å². The SMILES string of the molecule is CN1CC(c2ccccc2)n2nc(C(=O)NCc3ccc(F)cc3C(=O)NC3CC3)c(O)c2C1=O. The lowest BCUT2D eigenvalue weighted by molar-refractivity contribution is 0.0719. The van der Waals surface area contributed by atoms with Gasteiger partial charge in [0.1, 0.15) is 5.82 Å². The van der Waals surface area contributed by atoms with Crippen molar-refractivity contribution in [1.82, 2.24) is 25.3 Å². The summed E-state index contributed by atoms with van der Waals surface area (Å²) in [6, 6.07) is 12.9. The zero-order valence-electron chi connectivity index (χ0n) is 19.0. The summed E-state index contributed by atoms with van der Waals surface area (Å²) in [6.07, 6.45) is 1.77. The van der Waals surface area contributed by atoms with Gasteiger partial charge in [0.2, 0.25) is 0 Å². The van der Waals surface area contributed by atoms with Crippen LogP contribution in [0.25, 0.3) is 0 Å². The van der Waals surface area contributed by atoms with Gasteiger partial charge < -0.3 is 20.6 Å². The minimum Gasteiger partial charge on any atom is -0.504 e. The maximum absolute atomic E-state index is 13.8. The second kappa shape index (κ2) is 8.86. The Morgan fingerprint density at radius 1 is 1.14 bits per heavy atom. The lowest BCUT2D eigenvalue weighted by atomic mass is 10.0. The molecule has 0 radical (unpaired) electrons. The fourth-order valence-electron chi connectivity index (χ4n) is 4.19. The number of benzene rings is 2. The van der Waals surface area contributed by atoms with Crippen LogP contribution in [-0.4, -0.2) is 57.1 Å². The highest BCUT2D eigenvalue weighted by Gasteiger charge is 2.37. The molecule has 1 aromatic heterocycles. The quantitative estimate of drug-likeness (QED) is 0.504. The number of hydrogen-bond acceptors (Lipinski definition) is 5. The maximum atomic E-state index is 13.8. The molecule has 5 rings (SSSR count). The van der Waals surface area contributed by atoms with Crippen molar-refractivity contribution in [2.75, 3.05) is 13.6 Å². The van der Waals surface area contributed by atoms with Gasteiger partial charge in [0, 0.05) is 31.7 Å². The van der Waals surface area contributed by atoms with Gasteiger partial charge in [-0.05, 0) is 36.1 Å². The molecular weight excluding hydrogens is 453 g/mol. The number of likely N-dealkylation sites (N-methyl/N-ethyl adjacent to an activating group) is 1. The number of aromatic hydroxyl groups is 1. The Bertz CT molecular complexity index is 1320. The molecular formula is C25H24FN5O4. The molecule has 3 aromatic rings. The molecule has 1 saturated carbocycles. The number of halogens is 1. The van der Waals surface area contributed by atoms with Gasteiger partial charge in [0.25, 0.3) is 17.7 Å². The first-order chi connectivity index (χ1) is 16.8. The highest BCUT2D eigenvalue weighted by atomic mass is 19.1. The van der Waals surface area contributed by atoms with E-state index < -0.39 is 29.3 Å². The highest BCUT2D eigenvalue weighted by Crippen LogP contribution is 2.33. The summed E-state index contributed by atoms with van der Waals surface area (Å²) >= 11 is 0. The van der Waals surface area contributed by atoms with E-state index in [4.69, 9.17) is 0 Å². The van der Waals surface area contributed by atoms with E-state index in [1.165, 1.54) is 21.7 Å². The average molecular weight is 477 g/mol. The van der Waals surface area contributed by atoms with E-state index in [2.05, 4.69) is 15.7 Å². The fraction of sp³-hybridized carbons (Fsp3) is 0.280. The van der Waals surface area contributed by atoms with Crippen LogP contribution in [0.3, 0.4) is 0 Å². The van der Waals surface area contributed by atoms with E-state index >= 15 is 0 Å². The molecule has 1 fully saturated rings. The average Bonchev–Trinajstić information content (AvgIpc) is 3.60. The monoisotopic (exact) mass is 477 g/mol. The summed E-state index contributed by atoms with van der Waals surface area (Å²) < 4.78 is 15.2. The molecule has 35 heavy (non-hydrogen) atoms. The van der Waals surface area contributed by atoms with E-state index in [0.29, 0.717) is 12.1 Å². The van der Waals surface area contributed by atoms with Crippen LogP contribution in [0.2, 0.25) is 0 Å². The van der Waals surface area contributed by atoms with Gasteiger partial charge >= 0.3 is 0 Å². The molecule has 2 heterocycles. The Labute approximate surface area is 200 Å². The van der Waals surface area contributed by atoms with Crippen LogP contribution in [0.15, 0.2) is 48.5 Å². The Balaban J connectivity index is 1.40. The lowest BCUT2D eigenvalue weighted by Crippen LogP contribution is -2.41. The molecule has 0 bridgehead atoms.